The van der Waals surface area contributed by atoms with Crippen molar-refractivity contribution in [2.24, 2.45) is 4.99 Å². The van der Waals surface area contributed by atoms with E-state index in [0.29, 0.717) is 0 Å². The summed E-state index contributed by atoms with van der Waals surface area (Å²) in [5.41, 5.74) is 0.165. The Labute approximate surface area is 75.7 Å². The summed E-state index contributed by atoms with van der Waals surface area (Å²) < 4.78 is 0. The number of aliphatic imine (C=N–C) groups is 1. The van der Waals surface area contributed by atoms with Crippen LogP contribution in [0, 0.1) is 0 Å². The zero-order valence-corrected chi connectivity index (χ0v) is 8.86. The van der Waals surface area contributed by atoms with Crippen LogP contribution in [-0.4, -0.2) is 25.6 Å². The molecule has 0 bridgehead atoms. The van der Waals surface area contributed by atoms with Crippen LogP contribution in [0.5, 0.6) is 0 Å². The second kappa shape index (κ2) is 5.01. The number of nitrogens with one attached hydrogen (secondary N) is 2. The molecule has 0 saturated heterocycles. The van der Waals surface area contributed by atoms with Crippen molar-refractivity contribution in [3.8, 4) is 0 Å². The van der Waals surface area contributed by atoms with Gasteiger partial charge in [-0.15, -0.1) is 0 Å². The number of rotatable bonds is 3. The Balaban J connectivity index is 4.19. The molecule has 0 radical (unpaired) electrons. The summed E-state index contributed by atoms with van der Waals surface area (Å²) in [6.45, 7) is 6.56. The molecule has 0 aliphatic rings. The molecule has 0 aromatic heterocycles. The third-order valence-electron chi connectivity index (χ3n) is 2.44. The fourth-order valence-corrected chi connectivity index (χ4v) is 0.943. The van der Waals surface area contributed by atoms with Gasteiger partial charge in [-0.25, -0.2) is 0 Å². The van der Waals surface area contributed by atoms with Gasteiger partial charge in [-0.1, -0.05) is 13.8 Å². The topological polar surface area (TPSA) is 36.4 Å². The van der Waals surface area contributed by atoms with Crippen molar-refractivity contribution in [3.63, 3.8) is 0 Å². The molecule has 3 nitrogen and oxygen atoms in total. The van der Waals surface area contributed by atoms with Crippen LogP contribution in [-0.2, 0) is 0 Å². The van der Waals surface area contributed by atoms with Gasteiger partial charge in [0.25, 0.3) is 0 Å². The van der Waals surface area contributed by atoms with Crippen LogP contribution in [0.4, 0.5) is 0 Å². The van der Waals surface area contributed by atoms with Gasteiger partial charge in [0.05, 0.1) is 0 Å². The van der Waals surface area contributed by atoms with Crippen LogP contribution < -0.4 is 10.6 Å². The van der Waals surface area contributed by atoms with Crippen LogP contribution in [0.1, 0.15) is 33.6 Å². The van der Waals surface area contributed by atoms with Crippen LogP contribution in [0.25, 0.3) is 0 Å². The Kier molecular flexibility index (Phi) is 4.71. The second-order valence-electron chi connectivity index (χ2n) is 3.21. The van der Waals surface area contributed by atoms with Gasteiger partial charge in [0.2, 0.25) is 0 Å². The van der Waals surface area contributed by atoms with Crippen LogP contribution in [0.3, 0.4) is 0 Å². The lowest BCUT2D eigenvalue weighted by Crippen LogP contribution is -2.49. The maximum Gasteiger partial charge on any atom is 0.191 e. The molecular weight excluding hydrogens is 150 g/mol. The summed E-state index contributed by atoms with van der Waals surface area (Å²) in [5, 5.41) is 6.38. The van der Waals surface area contributed by atoms with Gasteiger partial charge in [-0.05, 0) is 19.8 Å². The van der Waals surface area contributed by atoms with Crippen molar-refractivity contribution < 1.29 is 0 Å². The summed E-state index contributed by atoms with van der Waals surface area (Å²) in [5.74, 6) is 0.862. The zero-order chi connectivity index (χ0) is 9.61. The van der Waals surface area contributed by atoms with Crippen LogP contribution in [0.2, 0.25) is 0 Å². The normalized spacial score (nSPS) is 12.9. The Morgan fingerprint density at radius 1 is 1.33 bits per heavy atom. The SMILES string of the molecule is CCC(C)(CC)NC(=NC)NC. The van der Waals surface area contributed by atoms with E-state index in [1.54, 1.807) is 7.05 Å². The highest BCUT2D eigenvalue weighted by atomic mass is 15.2. The van der Waals surface area contributed by atoms with E-state index in [9.17, 15) is 0 Å². The Morgan fingerprint density at radius 2 is 1.83 bits per heavy atom. The molecule has 0 fully saturated rings. The number of nitrogens with zero attached hydrogens (tertiary/aromatic N) is 1. The average molecular weight is 171 g/mol. The quantitative estimate of drug-likeness (QED) is 0.497. The molecular formula is C9H21N3. The minimum atomic E-state index is 0.165. The summed E-state index contributed by atoms with van der Waals surface area (Å²) in [7, 11) is 3.66. The molecule has 0 heterocycles. The van der Waals surface area contributed by atoms with Crippen LogP contribution >= 0.6 is 0 Å². The molecule has 12 heavy (non-hydrogen) atoms. The molecule has 3 heteroatoms. The highest BCUT2D eigenvalue weighted by Gasteiger charge is 2.19. The van der Waals surface area contributed by atoms with Gasteiger partial charge in [-0.3, -0.25) is 4.99 Å². The first-order valence-corrected chi connectivity index (χ1v) is 4.54. The van der Waals surface area contributed by atoms with Crippen LogP contribution in [0.15, 0.2) is 4.99 Å². The summed E-state index contributed by atoms with van der Waals surface area (Å²) in [6, 6.07) is 0. The lowest BCUT2D eigenvalue weighted by Gasteiger charge is -2.29. The summed E-state index contributed by atoms with van der Waals surface area (Å²) >= 11 is 0. The van der Waals surface area contributed by atoms with Crippen molar-refractivity contribution in [3.05, 3.63) is 0 Å². The van der Waals surface area contributed by atoms with Crippen molar-refractivity contribution in [2.45, 2.75) is 39.2 Å². The van der Waals surface area contributed by atoms with E-state index in [2.05, 4.69) is 36.4 Å². The summed E-state index contributed by atoms with van der Waals surface area (Å²) in [4.78, 5) is 4.08. The van der Waals surface area contributed by atoms with Crippen molar-refractivity contribution in [2.75, 3.05) is 14.1 Å². The van der Waals surface area contributed by atoms with Gasteiger partial charge in [0.15, 0.2) is 5.96 Å². The molecule has 0 unspecified atom stereocenters. The Morgan fingerprint density at radius 3 is 2.08 bits per heavy atom. The molecule has 72 valence electrons. The van der Waals surface area contributed by atoms with Crippen molar-refractivity contribution in [1.29, 1.82) is 0 Å². The first kappa shape index (κ1) is 11.3. The molecule has 0 rings (SSSR count). The fourth-order valence-electron chi connectivity index (χ4n) is 0.943. The zero-order valence-electron chi connectivity index (χ0n) is 8.86. The number of hydrogen-bond donors (Lipinski definition) is 2. The van der Waals surface area contributed by atoms with E-state index in [1.165, 1.54) is 0 Å². The van der Waals surface area contributed by atoms with E-state index >= 15 is 0 Å². The van der Waals surface area contributed by atoms with Gasteiger partial charge in [-0.2, -0.15) is 0 Å². The Hall–Kier alpha value is -0.730. The van der Waals surface area contributed by atoms with E-state index < -0.39 is 0 Å². The molecule has 0 saturated carbocycles. The first-order valence-electron chi connectivity index (χ1n) is 4.54. The molecule has 0 spiro atoms. The summed E-state index contributed by atoms with van der Waals surface area (Å²) in [6.07, 6.45) is 2.20. The predicted molar refractivity (Wildman–Crippen MR) is 54.5 cm³/mol. The van der Waals surface area contributed by atoms with E-state index in [1.807, 2.05) is 7.05 Å². The molecule has 0 aliphatic carbocycles. The minimum Gasteiger partial charge on any atom is -0.359 e. The standard InChI is InChI=1S/C9H21N3/c1-6-9(3,7-2)12-8(10-4)11-5/h6-7H2,1-5H3,(H2,10,11,12). The van der Waals surface area contributed by atoms with E-state index in [0.717, 1.165) is 18.8 Å². The fraction of sp³-hybridized carbons (Fsp3) is 0.889. The molecule has 0 atom stereocenters. The Bertz CT molecular complexity index is 148. The maximum atomic E-state index is 4.08. The maximum absolute atomic E-state index is 4.08. The van der Waals surface area contributed by atoms with E-state index in [-0.39, 0.29) is 5.54 Å². The minimum absolute atomic E-state index is 0.165. The van der Waals surface area contributed by atoms with Gasteiger partial charge in [0.1, 0.15) is 0 Å². The van der Waals surface area contributed by atoms with E-state index in [4.69, 9.17) is 0 Å². The van der Waals surface area contributed by atoms with Crippen molar-refractivity contribution >= 4 is 5.96 Å². The molecule has 0 aromatic rings. The molecule has 0 aromatic carbocycles. The predicted octanol–water partition coefficient (Wildman–Crippen LogP) is 1.36. The van der Waals surface area contributed by atoms with Gasteiger partial charge >= 0.3 is 0 Å². The second-order valence-corrected chi connectivity index (χ2v) is 3.21. The highest BCUT2D eigenvalue weighted by molar-refractivity contribution is 5.80. The first-order chi connectivity index (χ1) is 5.61. The molecule has 0 aliphatic heterocycles. The third-order valence-corrected chi connectivity index (χ3v) is 2.44. The molecule has 2 N–H and O–H groups in total. The van der Waals surface area contributed by atoms with Crippen molar-refractivity contribution in [1.82, 2.24) is 10.6 Å². The lowest BCUT2D eigenvalue weighted by atomic mass is 9.96. The average Bonchev–Trinajstić information content (AvgIpc) is 2.14. The number of guanidine groups is 1. The smallest absolute Gasteiger partial charge is 0.191 e. The number of hydrogen-bond acceptors (Lipinski definition) is 1. The molecule has 0 amide bonds. The third kappa shape index (κ3) is 3.11. The lowest BCUT2D eigenvalue weighted by molar-refractivity contribution is 0.385. The highest BCUT2D eigenvalue weighted by Crippen LogP contribution is 2.12. The largest absolute Gasteiger partial charge is 0.359 e. The van der Waals surface area contributed by atoms with Gasteiger partial charge in [0, 0.05) is 19.6 Å². The van der Waals surface area contributed by atoms with Gasteiger partial charge < -0.3 is 10.6 Å². The monoisotopic (exact) mass is 171 g/mol.